The van der Waals surface area contributed by atoms with E-state index in [1.165, 1.54) is 7.11 Å². The normalized spacial score (nSPS) is 16.3. The summed E-state index contributed by atoms with van der Waals surface area (Å²) in [5, 5.41) is 0. The molecule has 0 unspecified atom stereocenters. The Kier molecular flexibility index (Phi) is 4.50. The second-order valence-electron chi connectivity index (χ2n) is 3.89. The average Bonchev–Trinajstić information content (AvgIpc) is 2.93. The Bertz CT molecular complexity index is 433. The number of ether oxygens (including phenoxy) is 3. The van der Waals surface area contributed by atoms with E-state index >= 15 is 0 Å². The van der Waals surface area contributed by atoms with Crippen molar-refractivity contribution in [2.24, 2.45) is 0 Å². The summed E-state index contributed by atoms with van der Waals surface area (Å²) in [6, 6.07) is 7.82. The van der Waals surface area contributed by atoms with Crippen LogP contribution < -0.4 is 0 Å². The van der Waals surface area contributed by atoms with Crippen molar-refractivity contribution in [2.45, 2.75) is 12.7 Å². The molecule has 0 atom stereocenters. The average molecular weight is 248 g/mol. The fraction of sp³-hybridized carbons (Fsp3) is 0.357. The number of hydrogen-bond acceptors (Lipinski definition) is 4. The number of esters is 1. The molecule has 96 valence electrons. The quantitative estimate of drug-likeness (QED) is 0.767. The van der Waals surface area contributed by atoms with Crippen LogP contribution in [0, 0.1) is 0 Å². The largest absolute Gasteiger partial charge is 0.469 e. The first kappa shape index (κ1) is 12.8. The van der Waals surface area contributed by atoms with Crippen LogP contribution in [0.15, 0.2) is 30.3 Å². The van der Waals surface area contributed by atoms with Gasteiger partial charge in [-0.05, 0) is 5.56 Å². The fourth-order valence-corrected chi connectivity index (χ4v) is 1.78. The molecule has 0 spiro atoms. The first-order chi connectivity index (χ1) is 8.81. The van der Waals surface area contributed by atoms with E-state index in [-0.39, 0.29) is 18.7 Å². The van der Waals surface area contributed by atoms with Gasteiger partial charge in [-0.25, -0.2) is 0 Å². The molecule has 1 aromatic carbocycles. The van der Waals surface area contributed by atoms with Crippen molar-refractivity contribution >= 4 is 12.0 Å². The van der Waals surface area contributed by atoms with Crippen LogP contribution in [0.25, 0.3) is 6.08 Å². The SMILES string of the molecule is COC(=O)CC=Cc1ccccc1C1OCCO1. The Hall–Kier alpha value is -1.65. The first-order valence-corrected chi connectivity index (χ1v) is 5.87. The minimum Gasteiger partial charge on any atom is -0.469 e. The Morgan fingerprint density at radius 3 is 2.83 bits per heavy atom. The number of hydrogen-bond donors (Lipinski definition) is 0. The molecule has 1 saturated heterocycles. The lowest BCUT2D eigenvalue weighted by molar-refractivity contribution is -0.139. The van der Waals surface area contributed by atoms with Crippen molar-refractivity contribution in [1.82, 2.24) is 0 Å². The van der Waals surface area contributed by atoms with E-state index in [1.807, 2.05) is 30.3 Å². The van der Waals surface area contributed by atoms with E-state index in [4.69, 9.17) is 9.47 Å². The highest BCUT2D eigenvalue weighted by molar-refractivity contribution is 5.72. The Labute approximate surface area is 106 Å². The molecule has 0 radical (unpaired) electrons. The summed E-state index contributed by atoms with van der Waals surface area (Å²) in [6.07, 6.45) is 3.62. The van der Waals surface area contributed by atoms with E-state index in [0.717, 1.165) is 11.1 Å². The second-order valence-corrected chi connectivity index (χ2v) is 3.89. The molecule has 4 nitrogen and oxygen atoms in total. The molecule has 0 amide bonds. The predicted molar refractivity (Wildman–Crippen MR) is 66.8 cm³/mol. The molecule has 4 heteroatoms. The second kappa shape index (κ2) is 6.33. The van der Waals surface area contributed by atoms with Crippen molar-refractivity contribution in [2.75, 3.05) is 20.3 Å². The summed E-state index contributed by atoms with van der Waals surface area (Å²) < 4.78 is 15.5. The highest BCUT2D eigenvalue weighted by Gasteiger charge is 2.19. The van der Waals surface area contributed by atoms with Gasteiger partial charge in [-0.15, -0.1) is 0 Å². The monoisotopic (exact) mass is 248 g/mol. The van der Waals surface area contributed by atoms with Gasteiger partial charge in [-0.2, -0.15) is 0 Å². The minimum absolute atomic E-state index is 0.253. The molecule has 0 N–H and O–H groups in total. The maximum absolute atomic E-state index is 11.0. The lowest BCUT2D eigenvalue weighted by Crippen LogP contribution is -2.00. The molecule has 0 aromatic heterocycles. The number of methoxy groups -OCH3 is 1. The highest BCUT2D eigenvalue weighted by atomic mass is 16.7. The van der Waals surface area contributed by atoms with Crippen LogP contribution in [0.4, 0.5) is 0 Å². The summed E-state index contributed by atoms with van der Waals surface area (Å²) in [4.78, 5) is 11.0. The third-order valence-electron chi connectivity index (χ3n) is 2.68. The summed E-state index contributed by atoms with van der Waals surface area (Å²) in [5.41, 5.74) is 1.98. The zero-order chi connectivity index (χ0) is 12.8. The van der Waals surface area contributed by atoms with E-state index in [1.54, 1.807) is 6.08 Å². The summed E-state index contributed by atoms with van der Waals surface area (Å²) in [6.45, 7) is 1.23. The van der Waals surface area contributed by atoms with Gasteiger partial charge in [0.05, 0.1) is 26.7 Å². The maximum Gasteiger partial charge on any atom is 0.309 e. The molecule has 1 fully saturated rings. The third-order valence-corrected chi connectivity index (χ3v) is 2.68. The molecule has 0 bridgehead atoms. The van der Waals surface area contributed by atoms with E-state index in [0.29, 0.717) is 13.2 Å². The first-order valence-electron chi connectivity index (χ1n) is 5.87. The van der Waals surface area contributed by atoms with Crippen LogP contribution in [-0.2, 0) is 19.0 Å². The van der Waals surface area contributed by atoms with Gasteiger partial charge in [0, 0.05) is 5.56 Å². The molecule has 1 heterocycles. The smallest absolute Gasteiger partial charge is 0.309 e. The molecular weight excluding hydrogens is 232 g/mol. The molecule has 1 aromatic rings. The lowest BCUT2D eigenvalue weighted by Gasteiger charge is -2.12. The van der Waals surface area contributed by atoms with Crippen LogP contribution in [0.1, 0.15) is 23.8 Å². The zero-order valence-electron chi connectivity index (χ0n) is 10.3. The van der Waals surface area contributed by atoms with Crippen LogP contribution in [0.3, 0.4) is 0 Å². The molecule has 1 aliphatic heterocycles. The Morgan fingerprint density at radius 2 is 2.11 bits per heavy atom. The van der Waals surface area contributed by atoms with Gasteiger partial charge >= 0.3 is 5.97 Å². The molecule has 1 aliphatic rings. The van der Waals surface area contributed by atoms with Gasteiger partial charge < -0.3 is 14.2 Å². The zero-order valence-corrected chi connectivity index (χ0v) is 10.3. The minimum atomic E-state index is -0.302. The Morgan fingerprint density at radius 1 is 1.39 bits per heavy atom. The third kappa shape index (κ3) is 3.18. The molecule has 0 saturated carbocycles. The molecule has 2 rings (SSSR count). The van der Waals surface area contributed by atoms with Crippen LogP contribution in [-0.4, -0.2) is 26.3 Å². The standard InChI is InChI=1S/C14H16O4/c1-16-13(15)8-4-6-11-5-2-3-7-12(11)14-17-9-10-18-14/h2-7,14H,8-10H2,1H3. The summed E-state index contributed by atoms with van der Waals surface area (Å²) in [5.74, 6) is -0.253. The van der Waals surface area contributed by atoms with Crippen LogP contribution in [0.5, 0.6) is 0 Å². The summed E-state index contributed by atoms with van der Waals surface area (Å²) in [7, 11) is 1.38. The lowest BCUT2D eigenvalue weighted by atomic mass is 10.1. The predicted octanol–water partition coefficient (Wildman–Crippen LogP) is 2.31. The van der Waals surface area contributed by atoms with Gasteiger partial charge in [-0.3, -0.25) is 4.79 Å². The van der Waals surface area contributed by atoms with E-state index < -0.39 is 0 Å². The number of carbonyl (C=O) groups excluding carboxylic acids is 1. The van der Waals surface area contributed by atoms with Crippen molar-refractivity contribution in [3.63, 3.8) is 0 Å². The van der Waals surface area contributed by atoms with Crippen molar-refractivity contribution in [1.29, 1.82) is 0 Å². The molecule has 0 aliphatic carbocycles. The number of benzene rings is 1. The number of carbonyl (C=O) groups is 1. The highest BCUT2D eigenvalue weighted by Crippen LogP contribution is 2.26. The van der Waals surface area contributed by atoms with Crippen molar-refractivity contribution < 1.29 is 19.0 Å². The van der Waals surface area contributed by atoms with Crippen molar-refractivity contribution in [3.05, 3.63) is 41.5 Å². The van der Waals surface area contributed by atoms with Gasteiger partial charge in [-0.1, -0.05) is 36.4 Å². The summed E-state index contributed by atoms with van der Waals surface area (Å²) >= 11 is 0. The van der Waals surface area contributed by atoms with E-state index in [9.17, 15) is 4.79 Å². The van der Waals surface area contributed by atoms with Gasteiger partial charge in [0.2, 0.25) is 0 Å². The molecule has 18 heavy (non-hydrogen) atoms. The van der Waals surface area contributed by atoms with Crippen LogP contribution in [0.2, 0.25) is 0 Å². The molecular formula is C14H16O4. The van der Waals surface area contributed by atoms with Gasteiger partial charge in [0.1, 0.15) is 0 Å². The number of rotatable bonds is 4. The topological polar surface area (TPSA) is 44.8 Å². The van der Waals surface area contributed by atoms with Crippen molar-refractivity contribution in [3.8, 4) is 0 Å². The fourth-order valence-electron chi connectivity index (χ4n) is 1.78. The Balaban J connectivity index is 2.09. The maximum atomic E-state index is 11.0. The van der Waals surface area contributed by atoms with Gasteiger partial charge in [0.25, 0.3) is 0 Å². The van der Waals surface area contributed by atoms with E-state index in [2.05, 4.69) is 4.74 Å². The van der Waals surface area contributed by atoms with Gasteiger partial charge in [0.15, 0.2) is 6.29 Å². The van der Waals surface area contributed by atoms with Crippen LogP contribution >= 0.6 is 0 Å².